The molecule has 8 nitrogen and oxygen atoms in total. The van der Waals surface area contributed by atoms with Gasteiger partial charge in [-0.3, -0.25) is 8.98 Å². The number of carbonyl (C=O) groups is 2. The molecule has 1 aromatic rings. The molecule has 0 saturated carbocycles. The number of rotatable bonds is 12. The standard InChI is InChI=1S/C21H34N2O6S/c1-21(2,3)29-20(25)22-15-7-5-6-10-19(24)23-18-13-11-17(12-14-18)9-8-16-28-30(4,26)27/h11-14H,5-10,15-16H2,1-4H3,(H,22,25)(H,23,24). The Morgan fingerprint density at radius 2 is 1.67 bits per heavy atom. The lowest BCUT2D eigenvalue weighted by Gasteiger charge is -2.19. The monoisotopic (exact) mass is 442 g/mol. The van der Waals surface area contributed by atoms with E-state index in [2.05, 4.69) is 10.6 Å². The third-order valence-electron chi connectivity index (χ3n) is 3.89. The number of alkyl carbamates (subject to hydrolysis) is 1. The molecule has 0 bridgehead atoms. The van der Waals surface area contributed by atoms with Crippen LogP contribution in [0.1, 0.15) is 58.4 Å². The van der Waals surface area contributed by atoms with Gasteiger partial charge in [-0.25, -0.2) is 4.79 Å². The average molecular weight is 443 g/mol. The van der Waals surface area contributed by atoms with Crippen molar-refractivity contribution >= 4 is 27.8 Å². The first-order valence-corrected chi connectivity index (χ1v) is 12.0. The first kappa shape index (κ1) is 25.9. The van der Waals surface area contributed by atoms with Crippen molar-refractivity contribution in [3.05, 3.63) is 29.8 Å². The normalized spacial score (nSPS) is 11.7. The van der Waals surface area contributed by atoms with Crippen LogP contribution in [0.3, 0.4) is 0 Å². The van der Waals surface area contributed by atoms with Crippen LogP contribution in [-0.2, 0) is 30.3 Å². The van der Waals surface area contributed by atoms with E-state index in [1.54, 1.807) is 0 Å². The van der Waals surface area contributed by atoms with Crippen LogP contribution in [0.4, 0.5) is 10.5 Å². The topological polar surface area (TPSA) is 111 Å². The number of nitrogens with one attached hydrogen (secondary N) is 2. The molecule has 0 unspecified atom stereocenters. The highest BCUT2D eigenvalue weighted by Crippen LogP contribution is 2.12. The van der Waals surface area contributed by atoms with Crippen molar-refractivity contribution < 1.29 is 26.9 Å². The summed E-state index contributed by atoms with van der Waals surface area (Å²) in [7, 11) is -3.39. The molecule has 30 heavy (non-hydrogen) atoms. The smallest absolute Gasteiger partial charge is 0.407 e. The van der Waals surface area contributed by atoms with Gasteiger partial charge in [0.2, 0.25) is 5.91 Å². The Labute approximate surface area is 179 Å². The SMILES string of the molecule is CC(C)(C)OC(=O)NCCCCCC(=O)Nc1ccc(CCCOS(C)(=O)=O)cc1. The maximum atomic E-state index is 12.0. The van der Waals surface area contributed by atoms with Crippen molar-refractivity contribution in [3.8, 4) is 0 Å². The molecule has 170 valence electrons. The Hall–Kier alpha value is -2.13. The molecule has 9 heteroatoms. The number of ether oxygens (including phenoxy) is 1. The van der Waals surface area contributed by atoms with Crippen LogP contribution in [0, 0.1) is 0 Å². The van der Waals surface area contributed by atoms with Gasteiger partial charge >= 0.3 is 6.09 Å². The molecular weight excluding hydrogens is 408 g/mol. The van der Waals surface area contributed by atoms with Crippen molar-refractivity contribution in [2.45, 2.75) is 64.9 Å². The van der Waals surface area contributed by atoms with E-state index in [4.69, 9.17) is 8.92 Å². The Balaban J connectivity index is 2.16. The van der Waals surface area contributed by atoms with E-state index in [9.17, 15) is 18.0 Å². The van der Waals surface area contributed by atoms with E-state index in [1.807, 2.05) is 45.0 Å². The molecule has 0 aliphatic rings. The Morgan fingerprint density at radius 3 is 2.27 bits per heavy atom. The lowest BCUT2D eigenvalue weighted by atomic mass is 10.1. The van der Waals surface area contributed by atoms with Gasteiger partial charge in [0, 0.05) is 18.7 Å². The van der Waals surface area contributed by atoms with Gasteiger partial charge < -0.3 is 15.4 Å². The fraction of sp³-hybridized carbons (Fsp3) is 0.619. The van der Waals surface area contributed by atoms with Gasteiger partial charge in [0.05, 0.1) is 12.9 Å². The van der Waals surface area contributed by atoms with Crippen molar-refractivity contribution in [1.29, 1.82) is 0 Å². The molecule has 2 N–H and O–H groups in total. The number of unbranched alkanes of at least 4 members (excludes halogenated alkanes) is 2. The van der Waals surface area contributed by atoms with E-state index in [-0.39, 0.29) is 12.5 Å². The van der Waals surface area contributed by atoms with Crippen LogP contribution >= 0.6 is 0 Å². The van der Waals surface area contributed by atoms with Gasteiger partial charge in [-0.2, -0.15) is 8.42 Å². The molecule has 0 heterocycles. The number of amides is 2. The summed E-state index contributed by atoms with van der Waals surface area (Å²) >= 11 is 0. The summed E-state index contributed by atoms with van der Waals surface area (Å²) in [5.41, 5.74) is 1.26. The molecule has 0 aliphatic heterocycles. The Bertz CT molecular complexity index is 770. The lowest BCUT2D eigenvalue weighted by Crippen LogP contribution is -2.33. The molecule has 0 atom stereocenters. The summed E-state index contributed by atoms with van der Waals surface area (Å²) in [6, 6.07) is 7.46. The molecule has 0 spiro atoms. The van der Waals surface area contributed by atoms with Gasteiger partial charge in [-0.1, -0.05) is 18.6 Å². The minimum Gasteiger partial charge on any atom is -0.444 e. The van der Waals surface area contributed by atoms with Crippen LogP contribution in [0.15, 0.2) is 24.3 Å². The zero-order valence-corrected chi connectivity index (χ0v) is 19.1. The number of carbonyl (C=O) groups excluding carboxylic acids is 2. The number of hydrogen-bond donors (Lipinski definition) is 2. The molecule has 0 aliphatic carbocycles. The molecule has 0 fully saturated rings. The highest BCUT2D eigenvalue weighted by atomic mass is 32.2. The fourth-order valence-electron chi connectivity index (χ4n) is 2.56. The van der Waals surface area contributed by atoms with Gasteiger partial charge in [-0.15, -0.1) is 0 Å². The van der Waals surface area contributed by atoms with Crippen molar-refractivity contribution in [2.75, 3.05) is 24.7 Å². The minimum atomic E-state index is -3.39. The number of anilines is 1. The van der Waals surface area contributed by atoms with E-state index in [0.29, 0.717) is 25.8 Å². The van der Waals surface area contributed by atoms with Crippen molar-refractivity contribution in [1.82, 2.24) is 5.32 Å². The van der Waals surface area contributed by atoms with Crippen LogP contribution < -0.4 is 10.6 Å². The summed E-state index contributed by atoms with van der Waals surface area (Å²) < 4.78 is 31.7. The third-order valence-corrected chi connectivity index (χ3v) is 4.49. The van der Waals surface area contributed by atoms with Gasteiger partial charge in [0.25, 0.3) is 10.1 Å². The lowest BCUT2D eigenvalue weighted by molar-refractivity contribution is -0.116. The molecule has 0 aromatic heterocycles. The molecule has 1 rings (SSSR count). The van der Waals surface area contributed by atoms with Crippen molar-refractivity contribution in [3.63, 3.8) is 0 Å². The first-order chi connectivity index (χ1) is 13.9. The quantitative estimate of drug-likeness (QED) is 0.378. The predicted molar refractivity (Wildman–Crippen MR) is 117 cm³/mol. The summed E-state index contributed by atoms with van der Waals surface area (Å²) in [5, 5.41) is 5.56. The van der Waals surface area contributed by atoms with E-state index in [1.165, 1.54) is 0 Å². The second-order valence-electron chi connectivity index (χ2n) is 8.11. The highest BCUT2D eigenvalue weighted by Gasteiger charge is 2.15. The van der Waals surface area contributed by atoms with Gasteiger partial charge in [0.1, 0.15) is 5.60 Å². The van der Waals surface area contributed by atoms with Crippen LogP contribution in [-0.4, -0.2) is 45.4 Å². The summed E-state index contributed by atoms with van der Waals surface area (Å²) in [6.45, 7) is 6.12. The van der Waals surface area contributed by atoms with Gasteiger partial charge in [-0.05, 0) is 64.2 Å². The summed E-state index contributed by atoms with van der Waals surface area (Å²) in [4.78, 5) is 23.5. The number of aryl methyl sites for hydroxylation is 1. The summed E-state index contributed by atoms with van der Waals surface area (Å²) in [5.74, 6) is -0.0515. The highest BCUT2D eigenvalue weighted by molar-refractivity contribution is 7.85. The second kappa shape index (κ2) is 12.5. The second-order valence-corrected chi connectivity index (χ2v) is 9.76. The molecule has 2 amide bonds. The Kier molecular flexibility index (Phi) is 10.8. The van der Waals surface area contributed by atoms with E-state index in [0.717, 1.165) is 36.8 Å². The third kappa shape index (κ3) is 13.9. The van der Waals surface area contributed by atoms with Crippen LogP contribution in [0.2, 0.25) is 0 Å². The zero-order chi connectivity index (χ0) is 22.6. The number of hydrogen-bond acceptors (Lipinski definition) is 6. The van der Waals surface area contributed by atoms with Crippen molar-refractivity contribution in [2.24, 2.45) is 0 Å². The Morgan fingerprint density at radius 1 is 1.00 bits per heavy atom. The fourth-order valence-corrected chi connectivity index (χ4v) is 2.98. The zero-order valence-electron chi connectivity index (χ0n) is 18.3. The van der Waals surface area contributed by atoms with E-state index < -0.39 is 21.8 Å². The van der Waals surface area contributed by atoms with Crippen LogP contribution in [0.25, 0.3) is 0 Å². The molecule has 0 saturated heterocycles. The summed E-state index contributed by atoms with van der Waals surface area (Å²) in [6.07, 6.45) is 4.67. The predicted octanol–water partition coefficient (Wildman–Crippen LogP) is 3.62. The molecular formula is C21H34N2O6S. The molecule has 1 aromatic carbocycles. The van der Waals surface area contributed by atoms with E-state index >= 15 is 0 Å². The average Bonchev–Trinajstić information content (AvgIpc) is 2.60. The largest absolute Gasteiger partial charge is 0.444 e. The maximum absolute atomic E-state index is 12.0. The van der Waals surface area contributed by atoms with Gasteiger partial charge in [0.15, 0.2) is 0 Å². The first-order valence-electron chi connectivity index (χ1n) is 10.1. The number of benzene rings is 1. The van der Waals surface area contributed by atoms with Crippen LogP contribution in [0.5, 0.6) is 0 Å². The molecule has 0 radical (unpaired) electrons. The maximum Gasteiger partial charge on any atom is 0.407 e. The minimum absolute atomic E-state index is 0.0515.